The van der Waals surface area contributed by atoms with E-state index in [0.29, 0.717) is 44.0 Å². The molecule has 1 aliphatic heterocycles. The summed E-state index contributed by atoms with van der Waals surface area (Å²) in [5.41, 5.74) is 5.45. The average molecular weight is 390 g/mol. The van der Waals surface area contributed by atoms with E-state index >= 15 is 0 Å². The van der Waals surface area contributed by atoms with Crippen LogP contribution in [-0.4, -0.2) is 56.3 Å². The molecule has 0 atom stereocenters. The van der Waals surface area contributed by atoms with Crippen LogP contribution in [0.5, 0.6) is 0 Å². The summed E-state index contributed by atoms with van der Waals surface area (Å²) < 4.78 is 26.6. The third kappa shape index (κ3) is 6.26. The second kappa shape index (κ2) is 10.8. The van der Waals surface area contributed by atoms with Crippen molar-refractivity contribution in [3.05, 3.63) is 30.3 Å². The van der Waals surface area contributed by atoms with E-state index in [1.54, 1.807) is 35.2 Å². The molecule has 0 aliphatic carbocycles. The molecular weight excluding hydrogens is 362 g/mol. The molecule has 0 saturated carbocycles. The molecule has 1 fully saturated rings. The number of nitrogens with zero attached hydrogens (tertiary/aromatic N) is 2. The third-order valence-corrected chi connectivity index (χ3v) is 6.23. The first kappa shape index (κ1) is 21.9. The smallest absolute Gasteiger partial charge is 0.243 e. The molecule has 0 aromatic heterocycles. The molecule has 1 aromatic carbocycles. The van der Waals surface area contributed by atoms with Gasteiger partial charge in [0.25, 0.3) is 0 Å². The largest absolute Gasteiger partial charge is 0.340 e. The van der Waals surface area contributed by atoms with Gasteiger partial charge < -0.3 is 10.6 Å². The molecule has 1 amide bonds. The van der Waals surface area contributed by atoms with E-state index < -0.39 is 10.0 Å². The molecule has 0 unspecified atom stereocenters. The molecule has 2 N–H and O–H groups in total. The number of carbonyl (C=O) groups is 1. The summed E-state index contributed by atoms with van der Waals surface area (Å²) in [5, 5.41) is 0. The van der Waals surface area contributed by atoms with Crippen LogP contribution in [0.1, 0.15) is 32.1 Å². The van der Waals surface area contributed by atoms with Crippen LogP contribution in [0.2, 0.25) is 0 Å². The Labute approximate surface area is 156 Å². The number of halogens is 1. The molecule has 0 spiro atoms. The van der Waals surface area contributed by atoms with E-state index in [2.05, 4.69) is 0 Å². The first-order chi connectivity index (χ1) is 11.6. The highest BCUT2D eigenvalue weighted by Crippen LogP contribution is 2.17. The van der Waals surface area contributed by atoms with Crippen LogP contribution in [0.15, 0.2) is 35.2 Å². The summed E-state index contributed by atoms with van der Waals surface area (Å²) in [4.78, 5) is 14.3. The molecule has 1 aromatic rings. The van der Waals surface area contributed by atoms with Crippen molar-refractivity contribution in [1.29, 1.82) is 0 Å². The van der Waals surface area contributed by atoms with Crippen LogP contribution in [0, 0.1) is 0 Å². The number of benzene rings is 1. The van der Waals surface area contributed by atoms with Crippen molar-refractivity contribution in [2.75, 3.05) is 32.7 Å². The number of rotatable bonds is 8. The normalized spacial score (nSPS) is 15.6. The minimum Gasteiger partial charge on any atom is -0.340 e. The van der Waals surface area contributed by atoms with E-state index in [0.717, 1.165) is 25.7 Å². The van der Waals surface area contributed by atoms with Gasteiger partial charge in [-0.2, -0.15) is 4.31 Å². The maximum Gasteiger partial charge on any atom is 0.243 e. The van der Waals surface area contributed by atoms with Crippen LogP contribution in [0.4, 0.5) is 0 Å². The molecule has 8 heteroatoms. The minimum atomic E-state index is -3.45. The lowest BCUT2D eigenvalue weighted by atomic mass is 10.1. The number of amides is 1. The first-order valence-corrected chi connectivity index (χ1v) is 10.0. The van der Waals surface area contributed by atoms with Gasteiger partial charge in [-0.15, -0.1) is 12.4 Å². The van der Waals surface area contributed by atoms with E-state index in [-0.39, 0.29) is 18.3 Å². The summed E-state index contributed by atoms with van der Waals surface area (Å²) in [7, 11) is -3.45. The van der Waals surface area contributed by atoms with Crippen molar-refractivity contribution in [3.63, 3.8) is 0 Å². The number of piperazine rings is 1. The molecule has 1 aliphatic rings. The van der Waals surface area contributed by atoms with Gasteiger partial charge >= 0.3 is 0 Å². The number of unbranched alkanes of at least 4 members (excludes halogenated alkanes) is 3. The molecule has 25 heavy (non-hydrogen) atoms. The van der Waals surface area contributed by atoms with Crippen LogP contribution < -0.4 is 5.73 Å². The van der Waals surface area contributed by atoms with E-state index in [1.165, 1.54) is 4.31 Å². The van der Waals surface area contributed by atoms with Crippen LogP contribution >= 0.6 is 12.4 Å². The van der Waals surface area contributed by atoms with Gasteiger partial charge in [-0.05, 0) is 31.5 Å². The molecule has 1 saturated heterocycles. The molecule has 2 rings (SSSR count). The van der Waals surface area contributed by atoms with Gasteiger partial charge in [-0.25, -0.2) is 8.42 Å². The summed E-state index contributed by atoms with van der Waals surface area (Å²) in [6.07, 6.45) is 4.50. The SMILES string of the molecule is Cl.NCCCCCCC(=O)N1CCN(S(=O)(=O)c2ccccc2)CC1. The van der Waals surface area contributed by atoms with E-state index in [1.807, 2.05) is 0 Å². The highest BCUT2D eigenvalue weighted by molar-refractivity contribution is 7.89. The zero-order valence-corrected chi connectivity index (χ0v) is 16.1. The van der Waals surface area contributed by atoms with Gasteiger partial charge in [0, 0.05) is 32.6 Å². The first-order valence-electron chi connectivity index (χ1n) is 8.59. The number of carbonyl (C=O) groups excluding carboxylic acids is 1. The van der Waals surface area contributed by atoms with Gasteiger partial charge in [-0.3, -0.25) is 4.79 Å². The van der Waals surface area contributed by atoms with Gasteiger partial charge in [0.15, 0.2) is 0 Å². The van der Waals surface area contributed by atoms with Crippen molar-refractivity contribution in [3.8, 4) is 0 Å². The molecular formula is C17H28ClN3O3S. The number of hydrogen-bond donors (Lipinski definition) is 1. The van der Waals surface area contributed by atoms with Crippen molar-refractivity contribution < 1.29 is 13.2 Å². The van der Waals surface area contributed by atoms with Crippen molar-refractivity contribution in [2.45, 2.75) is 37.0 Å². The fraction of sp³-hybridized carbons (Fsp3) is 0.588. The summed E-state index contributed by atoms with van der Waals surface area (Å²) in [6.45, 7) is 2.35. The van der Waals surface area contributed by atoms with Crippen LogP contribution in [0.25, 0.3) is 0 Å². The Hall–Kier alpha value is -1.15. The maximum atomic E-state index is 12.5. The number of sulfonamides is 1. The minimum absolute atomic E-state index is 0. The van der Waals surface area contributed by atoms with Gasteiger partial charge in [0.2, 0.25) is 15.9 Å². The molecule has 142 valence electrons. The van der Waals surface area contributed by atoms with E-state index in [4.69, 9.17) is 5.73 Å². The van der Waals surface area contributed by atoms with Crippen LogP contribution in [-0.2, 0) is 14.8 Å². The second-order valence-corrected chi connectivity index (χ2v) is 7.99. The van der Waals surface area contributed by atoms with E-state index in [9.17, 15) is 13.2 Å². The second-order valence-electron chi connectivity index (χ2n) is 6.05. The Morgan fingerprint density at radius 3 is 2.16 bits per heavy atom. The fourth-order valence-corrected chi connectivity index (χ4v) is 4.29. The third-order valence-electron chi connectivity index (χ3n) is 4.32. The highest BCUT2D eigenvalue weighted by Gasteiger charge is 2.29. The van der Waals surface area contributed by atoms with Gasteiger partial charge in [0.05, 0.1) is 4.90 Å². The molecule has 6 nitrogen and oxygen atoms in total. The maximum absolute atomic E-state index is 12.5. The predicted molar refractivity (Wildman–Crippen MR) is 101 cm³/mol. The molecule has 1 heterocycles. The lowest BCUT2D eigenvalue weighted by Gasteiger charge is -2.34. The van der Waals surface area contributed by atoms with Crippen LogP contribution in [0.3, 0.4) is 0 Å². The zero-order valence-electron chi connectivity index (χ0n) is 14.5. The zero-order chi connectivity index (χ0) is 17.4. The Bertz CT molecular complexity index is 617. The Morgan fingerprint density at radius 2 is 1.56 bits per heavy atom. The monoisotopic (exact) mass is 389 g/mol. The molecule has 0 radical (unpaired) electrons. The topological polar surface area (TPSA) is 83.7 Å². The lowest BCUT2D eigenvalue weighted by molar-refractivity contribution is -0.132. The van der Waals surface area contributed by atoms with Crippen molar-refractivity contribution in [1.82, 2.24) is 9.21 Å². The highest BCUT2D eigenvalue weighted by atomic mass is 35.5. The Morgan fingerprint density at radius 1 is 0.960 bits per heavy atom. The summed E-state index contributed by atoms with van der Waals surface area (Å²) in [5.74, 6) is 0.125. The quantitative estimate of drug-likeness (QED) is 0.687. The van der Waals surface area contributed by atoms with Gasteiger partial charge in [0.1, 0.15) is 0 Å². The number of nitrogens with two attached hydrogens (primary N) is 1. The molecule has 0 bridgehead atoms. The summed E-state index contributed by atoms with van der Waals surface area (Å²) in [6, 6.07) is 8.44. The van der Waals surface area contributed by atoms with Gasteiger partial charge in [-0.1, -0.05) is 31.0 Å². The fourth-order valence-electron chi connectivity index (χ4n) is 2.85. The average Bonchev–Trinajstić information content (AvgIpc) is 2.62. The summed E-state index contributed by atoms with van der Waals surface area (Å²) >= 11 is 0. The predicted octanol–water partition coefficient (Wildman–Crippen LogP) is 1.85. The Kier molecular flexibility index (Phi) is 9.42. The standard InChI is InChI=1S/C17H27N3O3S.ClH/c18-11-7-2-1-6-10-17(21)19-12-14-20(15-13-19)24(22,23)16-8-4-3-5-9-16;/h3-5,8-9H,1-2,6-7,10-15,18H2;1H. The number of hydrogen-bond acceptors (Lipinski definition) is 4. The van der Waals surface area contributed by atoms with Crippen molar-refractivity contribution in [2.24, 2.45) is 5.73 Å². The lowest BCUT2D eigenvalue weighted by Crippen LogP contribution is -2.50. The van der Waals surface area contributed by atoms with Crippen molar-refractivity contribution >= 4 is 28.3 Å². The Balaban J connectivity index is 0.00000312.